The lowest BCUT2D eigenvalue weighted by atomic mass is 10.2. The van der Waals surface area contributed by atoms with Crippen molar-refractivity contribution in [1.82, 2.24) is 5.32 Å². The molecule has 0 aromatic carbocycles. The molecule has 60 valence electrons. The van der Waals surface area contributed by atoms with E-state index in [2.05, 4.69) is 12.2 Å². The molecule has 0 aromatic rings. The highest BCUT2D eigenvalue weighted by Crippen LogP contribution is 1.90. The summed E-state index contributed by atoms with van der Waals surface area (Å²) in [7, 11) is 1.93. The lowest BCUT2D eigenvalue weighted by Crippen LogP contribution is -2.19. The van der Waals surface area contributed by atoms with Crippen LogP contribution in [0, 0.1) is 0 Å². The van der Waals surface area contributed by atoms with Gasteiger partial charge in [-0.2, -0.15) is 0 Å². The van der Waals surface area contributed by atoms with Crippen molar-refractivity contribution in [3.63, 3.8) is 0 Å². The molecule has 0 saturated heterocycles. The fraction of sp³-hybridized carbons (Fsp3) is 0.714. The number of ether oxygens (including phenoxy) is 1. The van der Waals surface area contributed by atoms with Crippen LogP contribution in [0.1, 0.15) is 13.3 Å². The van der Waals surface area contributed by atoms with Crippen molar-refractivity contribution in [3.8, 4) is 0 Å². The summed E-state index contributed by atoms with van der Waals surface area (Å²) in [6.45, 7) is 2.36. The fourth-order valence-corrected chi connectivity index (χ4v) is 0.501. The highest BCUT2D eigenvalue weighted by molar-refractivity contribution is 4.78. The summed E-state index contributed by atoms with van der Waals surface area (Å²) in [4.78, 5) is 0. The van der Waals surface area contributed by atoms with Crippen LogP contribution < -0.4 is 11.1 Å². The molecular weight excluding hydrogens is 128 g/mol. The maximum atomic E-state index is 5.09. The molecule has 0 spiro atoms. The first kappa shape index (κ1) is 9.46. The molecule has 0 radical (unpaired) electrons. The zero-order valence-corrected chi connectivity index (χ0v) is 6.63. The van der Waals surface area contributed by atoms with E-state index in [1.807, 2.05) is 13.1 Å². The lowest BCUT2D eigenvalue weighted by molar-refractivity contribution is 0.258. The van der Waals surface area contributed by atoms with Gasteiger partial charge >= 0.3 is 0 Å². The molecule has 0 rings (SSSR count). The maximum Gasteiger partial charge on any atom is 0.136 e. The third-order valence-corrected chi connectivity index (χ3v) is 1.27. The molecule has 0 heterocycles. The molecule has 3 heteroatoms. The Labute approximate surface area is 62.2 Å². The average molecular weight is 144 g/mol. The molecule has 1 unspecified atom stereocenters. The summed E-state index contributed by atoms with van der Waals surface area (Å²) in [5.74, 6) is 0. The topological polar surface area (TPSA) is 47.3 Å². The SMILES string of the molecule is CNC(C)CC=COCN. The quantitative estimate of drug-likeness (QED) is 0.434. The van der Waals surface area contributed by atoms with Crippen molar-refractivity contribution >= 4 is 0 Å². The Morgan fingerprint density at radius 3 is 2.90 bits per heavy atom. The zero-order chi connectivity index (χ0) is 7.82. The van der Waals surface area contributed by atoms with Crippen molar-refractivity contribution in [3.05, 3.63) is 12.3 Å². The van der Waals surface area contributed by atoms with Gasteiger partial charge in [0.05, 0.1) is 6.26 Å². The lowest BCUT2D eigenvalue weighted by Gasteiger charge is -2.04. The van der Waals surface area contributed by atoms with Gasteiger partial charge in [0, 0.05) is 6.04 Å². The molecule has 3 nitrogen and oxygen atoms in total. The van der Waals surface area contributed by atoms with Crippen LogP contribution >= 0.6 is 0 Å². The van der Waals surface area contributed by atoms with E-state index in [0.717, 1.165) is 6.42 Å². The molecular formula is C7H16N2O. The van der Waals surface area contributed by atoms with E-state index < -0.39 is 0 Å². The van der Waals surface area contributed by atoms with Crippen molar-refractivity contribution in [2.45, 2.75) is 19.4 Å². The summed E-state index contributed by atoms with van der Waals surface area (Å²) < 4.78 is 4.80. The van der Waals surface area contributed by atoms with Crippen LogP contribution in [0.4, 0.5) is 0 Å². The van der Waals surface area contributed by atoms with Crippen molar-refractivity contribution in [2.24, 2.45) is 5.73 Å². The molecule has 10 heavy (non-hydrogen) atoms. The number of hydrogen-bond acceptors (Lipinski definition) is 3. The average Bonchev–Trinajstić information content (AvgIpc) is 1.98. The van der Waals surface area contributed by atoms with Crippen molar-refractivity contribution < 1.29 is 4.74 Å². The summed E-state index contributed by atoms with van der Waals surface area (Å²) >= 11 is 0. The normalized spacial score (nSPS) is 13.9. The smallest absolute Gasteiger partial charge is 0.136 e. The Kier molecular flexibility index (Phi) is 6.22. The van der Waals surface area contributed by atoms with Gasteiger partial charge in [0.2, 0.25) is 0 Å². The van der Waals surface area contributed by atoms with E-state index in [9.17, 15) is 0 Å². The summed E-state index contributed by atoms with van der Waals surface area (Å²) in [6.07, 6.45) is 4.55. The molecule has 0 aliphatic heterocycles. The van der Waals surface area contributed by atoms with Crippen LogP contribution in [-0.2, 0) is 4.74 Å². The fourth-order valence-electron chi connectivity index (χ4n) is 0.501. The molecule has 1 atom stereocenters. The minimum Gasteiger partial charge on any atom is -0.487 e. The molecule has 3 N–H and O–H groups in total. The minimum atomic E-state index is 0.254. The van der Waals surface area contributed by atoms with E-state index in [0.29, 0.717) is 6.04 Å². The molecule has 0 aliphatic carbocycles. The van der Waals surface area contributed by atoms with E-state index in [-0.39, 0.29) is 6.73 Å². The molecule has 0 amide bonds. The monoisotopic (exact) mass is 144 g/mol. The van der Waals surface area contributed by atoms with E-state index in [1.165, 1.54) is 0 Å². The molecule has 0 aromatic heterocycles. The van der Waals surface area contributed by atoms with Gasteiger partial charge in [-0.3, -0.25) is 5.73 Å². The van der Waals surface area contributed by atoms with E-state index in [1.54, 1.807) is 6.26 Å². The van der Waals surface area contributed by atoms with Gasteiger partial charge in [0.25, 0.3) is 0 Å². The van der Waals surface area contributed by atoms with Gasteiger partial charge in [-0.05, 0) is 26.5 Å². The van der Waals surface area contributed by atoms with E-state index in [4.69, 9.17) is 10.5 Å². The first-order chi connectivity index (χ1) is 4.81. The summed E-state index contributed by atoms with van der Waals surface area (Å²) in [6, 6.07) is 0.498. The Morgan fingerprint density at radius 2 is 2.40 bits per heavy atom. The standard InChI is InChI=1S/C7H16N2O/c1-7(9-2)4-3-5-10-6-8/h3,5,7,9H,4,6,8H2,1-2H3. The number of rotatable bonds is 5. The summed E-state index contributed by atoms with van der Waals surface area (Å²) in [5, 5.41) is 3.10. The van der Waals surface area contributed by atoms with Crippen LogP contribution in [0.15, 0.2) is 12.3 Å². The number of hydrogen-bond donors (Lipinski definition) is 2. The molecule has 0 saturated carbocycles. The van der Waals surface area contributed by atoms with Gasteiger partial charge < -0.3 is 10.1 Å². The second-order valence-corrected chi connectivity index (χ2v) is 2.13. The van der Waals surface area contributed by atoms with Crippen LogP contribution in [0.25, 0.3) is 0 Å². The second kappa shape index (κ2) is 6.58. The Balaban J connectivity index is 3.16. The maximum absolute atomic E-state index is 5.09. The van der Waals surface area contributed by atoms with E-state index >= 15 is 0 Å². The first-order valence-electron chi connectivity index (χ1n) is 3.45. The van der Waals surface area contributed by atoms with Gasteiger partial charge in [-0.15, -0.1) is 0 Å². The summed E-state index contributed by atoms with van der Waals surface area (Å²) in [5.41, 5.74) is 5.09. The molecule has 0 fully saturated rings. The first-order valence-corrected chi connectivity index (χ1v) is 3.45. The predicted molar refractivity (Wildman–Crippen MR) is 42.4 cm³/mol. The predicted octanol–water partition coefficient (Wildman–Crippen LogP) is 0.431. The van der Waals surface area contributed by atoms with Crippen molar-refractivity contribution in [1.29, 1.82) is 0 Å². The third-order valence-electron chi connectivity index (χ3n) is 1.27. The molecule has 0 bridgehead atoms. The Hall–Kier alpha value is -0.540. The minimum absolute atomic E-state index is 0.254. The van der Waals surface area contributed by atoms with Crippen LogP contribution in [0.5, 0.6) is 0 Å². The highest BCUT2D eigenvalue weighted by atomic mass is 16.5. The van der Waals surface area contributed by atoms with Crippen LogP contribution in [0.2, 0.25) is 0 Å². The van der Waals surface area contributed by atoms with Gasteiger partial charge in [-0.1, -0.05) is 0 Å². The largest absolute Gasteiger partial charge is 0.487 e. The second-order valence-electron chi connectivity index (χ2n) is 2.13. The number of nitrogens with two attached hydrogens (primary N) is 1. The van der Waals surface area contributed by atoms with Crippen molar-refractivity contribution in [2.75, 3.05) is 13.8 Å². The van der Waals surface area contributed by atoms with Crippen LogP contribution in [0.3, 0.4) is 0 Å². The van der Waals surface area contributed by atoms with Gasteiger partial charge in [0.1, 0.15) is 6.73 Å². The van der Waals surface area contributed by atoms with Crippen LogP contribution in [-0.4, -0.2) is 19.8 Å². The Bertz CT molecular complexity index is 93.6. The highest BCUT2D eigenvalue weighted by Gasteiger charge is 1.90. The van der Waals surface area contributed by atoms with Gasteiger partial charge in [-0.25, -0.2) is 0 Å². The zero-order valence-electron chi connectivity index (χ0n) is 6.63. The van der Waals surface area contributed by atoms with Gasteiger partial charge in [0.15, 0.2) is 0 Å². The Morgan fingerprint density at radius 1 is 1.70 bits per heavy atom. The third kappa shape index (κ3) is 5.59. The number of nitrogens with one attached hydrogen (secondary N) is 1. The molecule has 0 aliphatic rings.